The Morgan fingerprint density at radius 2 is 2.00 bits per heavy atom. The van der Waals surface area contributed by atoms with E-state index in [-0.39, 0.29) is 12.5 Å². The Labute approximate surface area is 122 Å². The Morgan fingerprint density at radius 1 is 1.30 bits per heavy atom. The molecule has 0 unspecified atom stereocenters. The number of nitrogens with one attached hydrogen (secondary N) is 2. The molecule has 7 heteroatoms. The molecule has 0 bridgehead atoms. The van der Waals surface area contributed by atoms with E-state index in [4.69, 9.17) is 16.3 Å². The molecule has 20 heavy (non-hydrogen) atoms. The maximum atomic E-state index is 11.5. The van der Waals surface area contributed by atoms with E-state index in [1.807, 2.05) is 0 Å². The van der Waals surface area contributed by atoms with Crippen molar-refractivity contribution in [2.24, 2.45) is 0 Å². The predicted molar refractivity (Wildman–Crippen MR) is 75.3 cm³/mol. The van der Waals surface area contributed by atoms with Crippen LogP contribution in [0.3, 0.4) is 0 Å². The molecule has 0 aliphatic heterocycles. The highest BCUT2D eigenvalue weighted by atomic mass is 35.5. The van der Waals surface area contributed by atoms with Crippen molar-refractivity contribution in [2.75, 3.05) is 6.54 Å². The summed E-state index contributed by atoms with van der Waals surface area (Å²) in [7, 11) is 0. The highest BCUT2D eigenvalue weighted by Gasteiger charge is 2.16. The molecule has 0 aromatic carbocycles. The fourth-order valence-corrected chi connectivity index (χ4v) is 1.35. The van der Waals surface area contributed by atoms with Crippen molar-refractivity contribution in [3.05, 3.63) is 29.0 Å². The van der Waals surface area contributed by atoms with Crippen molar-refractivity contribution in [1.29, 1.82) is 0 Å². The van der Waals surface area contributed by atoms with Gasteiger partial charge in [0.25, 0.3) is 0 Å². The normalized spacial score (nSPS) is 10.8. The zero-order chi connectivity index (χ0) is 15.2. The van der Waals surface area contributed by atoms with Crippen molar-refractivity contribution < 1.29 is 14.3 Å². The molecule has 0 atom stereocenters. The molecule has 1 rings (SSSR count). The Kier molecular flexibility index (Phi) is 5.76. The van der Waals surface area contributed by atoms with Crippen LogP contribution in [0, 0.1) is 0 Å². The number of carbonyl (C=O) groups is 2. The summed E-state index contributed by atoms with van der Waals surface area (Å²) in [5.41, 5.74) is 0.232. The average molecular weight is 300 g/mol. The lowest BCUT2D eigenvalue weighted by Crippen LogP contribution is -2.39. The van der Waals surface area contributed by atoms with Crippen molar-refractivity contribution in [3.63, 3.8) is 0 Å². The number of nitrogens with zero attached hydrogens (tertiary/aromatic N) is 1. The summed E-state index contributed by atoms with van der Waals surface area (Å²) in [6, 6.07) is 3.40. The summed E-state index contributed by atoms with van der Waals surface area (Å²) >= 11 is 5.65. The lowest BCUT2D eigenvalue weighted by Gasteiger charge is -2.19. The molecule has 1 heterocycles. The molecule has 1 aromatic heterocycles. The van der Waals surface area contributed by atoms with E-state index in [1.165, 1.54) is 0 Å². The first kappa shape index (κ1) is 16.2. The summed E-state index contributed by atoms with van der Waals surface area (Å²) in [4.78, 5) is 26.8. The van der Waals surface area contributed by atoms with Gasteiger partial charge >= 0.3 is 6.09 Å². The van der Waals surface area contributed by atoms with E-state index < -0.39 is 11.7 Å². The molecule has 0 spiro atoms. The Hall–Kier alpha value is -1.82. The van der Waals surface area contributed by atoms with Gasteiger partial charge in [-0.15, -0.1) is 0 Å². The van der Waals surface area contributed by atoms with Crippen molar-refractivity contribution in [2.45, 2.75) is 32.9 Å². The van der Waals surface area contributed by atoms with E-state index in [0.717, 1.165) is 5.56 Å². The molecule has 0 aliphatic carbocycles. The lowest BCUT2D eigenvalue weighted by molar-refractivity contribution is -0.120. The van der Waals surface area contributed by atoms with Gasteiger partial charge in [-0.1, -0.05) is 17.7 Å². The number of pyridine rings is 1. The fraction of sp³-hybridized carbons (Fsp3) is 0.462. The van der Waals surface area contributed by atoms with Crippen molar-refractivity contribution in [1.82, 2.24) is 15.6 Å². The first-order valence-electron chi connectivity index (χ1n) is 6.10. The van der Waals surface area contributed by atoms with Gasteiger partial charge in [0, 0.05) is 12.7 Å². The SMILES string of the molecule is CC(C)(C)OC(=O)NCC(=O)NCc1ccc(Cl)nc1. The van der Waals surface area contributed by atoms with Gasteiger partial charge in [-0.05, 0) is 32.4 Å². The number of hydrogen-bond donors (Lipinski definition) is 2. The third kappa shape index (κ3) is 6.94. The zero-order valence-electron chi connectivity index (χ0n) is 11.7. The molecular weight excluding hydrogens is 282 g/mol. The zero-order valence-corrected chi connectivity index (χ0v) is 12.5. The lowest BCUT2D eigenvalue weighted by atomic mass is 10.2. The average Bonchev–Trinajstić information content (AvgIpc) is 2.33. The minimum atomic E-state index is -0.624. The van der Waals surface area contributed by atoms with E-state index in [2.05, 4.69) is 15.6 Å². The first-order chi connectivity index (χ1) is 9.26. The summed E-state index contributed by atoms with van der Waals surface area (Å²) in [5.74, 6) is -0.314. The number of hydrogen-bond acceptors (Lipinski definition) is 4. The molecule has 1 aromatic rings. The molecule has 0 fully saturated rings. The first-order valence-corrected chi connectivity index (χ1v) is 6.48. The monoisotopic (exact) mass is 299 g/mol. The van der Waals surface area contributed by atoms with Crippen molar-refractivity contribution in [3.8, 4) is 0 Å². The minimum Gasteiger partial charge on any atom is -0.444 e. The Bertz CT molecular complexity index is 469. The van der Waals surface area contributed by atoms with Crippen LogP contribution in [0.4, 0.5) is 4.79 Å². The number of carbonyl (C=O) groups excluding carboxylic acids is 2. The molecule has 2 N–H and O–H groups in total. The second kappa shape index (κ2) is 7.09. The number of alkyl carbamates (subject to hydrolysis) is 1. The second-order valence-corrected chi connectivity index (χ2v) is 5.51. The third-order valence-corrected chi connectivity index (χ3v) is 2.29. The number of halogens is 1. The van der Waals surface area contributed by atoms with Crippen LogP contribution in [0.25, 0.3) is 0 Å². The van der Waals surface area contributed by atoms with Gasteiger partial charge in [-0.2, -0.15) is 0 Å². The van der Waals surface area contributed by atoms with Crippen LogP contribution < -0.4 is 10.6 Å². The maximum Gasteiger partial charge on any atom is 0.408 e. The molecular formula is C13H18ClN3O3. The molecule has 0 saturated heterocycles. The Balaban J connectivity index is 2.27. The van der Waals surface area contributed by atoms with E-state index in [9.17, 15) is 9.59 Å². The number of rotatable bonds is 4. The number of aromatic nitrogens is 1. The minimum absolute atomic E-state index is 0.143. The smallest absolute Gasteiger partial charge is 0.408 e. The predicted octanol–water partition coefficient (Wildman–Crippen LogP) is 1.88. The summed E-state index contributed by atoms with van der Waals surface area (Å²) in [5, 5.41) is 5.41. The quantitative estimate of drug-likeness (QED) is 0.832. The van der Waals surface area contributed by atoms with E-state index in [0.29, 0.717) is 11.7 Å². The standard InChI is InChI=1S/C13H18ClN3O3/c1-13(2,3)20-12(19)17-8-11(18)16-7-9-4-5-10(14)15-6-9/h4-6H,7-8H2,1-3H3,(H,16,18)(H,17,19). The van der Waals surface area contributed by atoms with Gasteiger partial charge in [0.2, 0.25) is 5.91 Å². The highest BCUT2D eigenvalue weighted by Crippen LogP contribution is 2.06. The van der Waals surface area contributed by atoms with E-state index >= 15 is 0 Å². The van der Waals surface area contributed by atoms with Crippen LogP contribution in [-0.2, 0) is 16.1 Å². The number of ether oxygens (including phenoxy) is 1. The van der Waals surface area contributed by atoms with E-state index in [1.54, 1.807) is 39.1 Å². The summed E-state index contributed by atoms with van der Waals surface area (Å²) < 4.78 is 5.01. The number of amides is 2. The van der Waals surface area contributed by atoms with Gasteiger partial charge in [0.15, 0.2) is 0 Å². The van der Waals surface area contributed by atoms with Crippen LogP contribution in [0.15, 0.2) is 18.3 Å². The van der Waals surface area contributed by atoms with Gasteiger partial charge < -0.3 is 15.4 Å². The second-order valence-electron chi connectivity index (χ2n) is 5.12. The topological polar surface area (TPSA) is 80.3 Å². The van der Waals surface area contributed by atoms with Crippen LogP contribution in [0.2, 0.25) is 5.15 Å². The van der Waals surface area contributed by atoms with Crippen LogP contribution >= 0.6 is 11.6 Å². The molecule has 0 aliphatic rings. The third-order valence-electron chi connectivity index (χ3n) is 2.07. The molecule has 6 nitrogen and oxygen atoms in total. The summed E-state index contributed by atoms with van der Waals surface area (Å²) in [6.07, 6.45) is 0.949. The maximum absolute atomic E-state index is 11.5. The molecule has 110 valence electrons. The molecule has 0 radical (unpaired) electrons. The van der Waals surface area contributed by atoms with Crippen LogP contribution in [0.5, 0.6) is 0 Å². The van der Waals surface area contributed by atoms with Gasteiger partial charge in [0.05, 0.1) is 0 Å². The van der Waals surface area contributed by atoms with Crippen LogP contribution in [-0.4, -0.2) is 29.1 Å². The molecule has 2 amide bonds. The van der Waals surface area contributed by atoms with Gasteiger partial charge in [-0.25, -0.2) is 9.78 Å². The molecule has 0 saturated carbocycles. The van der Waals surface area contributed by atoms with Gasteiger partial charge in [-0.3, -0.25) is 4.79 Å². The fourth-order valence-electron chi connectivity index (χ4n) is 1.24. The van der Waals surface area contributed by atoms with Gasteiger partial charge in [0.1, 0.15) is 17.3 Å². The van der Waals surface area contributed by atoms with Crippen LogP contribution in [0.1, 0.15) is 26.3 Å². The largest absolute Gasteiger partial charge is 0.444 e. The highest BCUT2D eigenvalue weighted by molar-refractivity contribution is 6.29. The van der Waals surface area contributed by atoms with Crippen molar-refractivity contribution >= 4 is 23.6 Å². The summed E-state index contributed by atoms with van der Waals surface area (Å²) in [6.45, 7) is 5.43. The Morgan fingerprint density at radius 3 is 2.55 bits per heavy atom.